The van der Waals surface area contributed by atoms with Crippen molar-refractivity contribution < 1.29 is 32.6 Å². The summed E-state index contributed by atoms with van der Waals surface area (Å²) in [5, 5.41) is 7.12. The maximum absolute atomic E-state index is 12.5. The zero-order valence-electron chi connectivity index (χ0n) is 16.7. The first kappa shape index (κ1) is 22.7. The second-order valence-electron chi connectivity index (χ2n) is 7.49. The molecule has 2 aromatic rings. The third kappa shape index (κ3) is 6.78. The van der Waals surface area contributed by atoms with E-state index < -0.39 is 12.1 Å². The lowest BCUT2D eigenvalue weighted by atomic mass is 10.1. The Bertz CT molecular complexity index is 884. The van der Waals surface area contributed by atoms with Crippen molar-refractivity contribution in [3.8, 4) is 0 Å². The van der Waals surface area contributed by atoms with Gasteiger partial charge in [-0.15, -0.1) is 0 Å². The zero-order valence-corrected chi connectivity index (χ0v) is 16.7. The van der Waals surface area contributed by atoms with E-state index in [2.05, 4.69) is 14.5 Å². The molecule has 11 heteroatoms. The Morgan fingerprint density at radius 2 is 1.90 bits per heavy atom. The average Bonchev–Trinajstić information content (AvgIpc) is 3.51. The minimum Gasteiger partial charge on any atom is -0.475 e. The molecule has 2 aromatic heterocycles. The molecule has 1 aliphatic heterocycles. The van der Waals surface area contributed by atoms with E-state index in [4.69, 9.17) is 14.6 Å². The molecule has 1 saturated carbocycles. The number of halogens is 3. The molecule has 1 N–H and O–H groups in total. The van der Waals surface area contributed by atoms with Crippen LogP contribution in [0.1, 0.15) is 24.4 Å². The van der Waals surface area contributed by atoms with E-state index in [1.165, 1.54) is 0 Å². The first-order valence-electron chi connectivity index (χ1n) is 9.80. The lowest BCUT2D eigenvalue weighted by Gasteiger charge is -2.24. The van der Waals surface area contributed by atoms with Crippen LogP contribution in [0.2, 0.25) is 0 Å². The number of nitrogens with zero attached hydrogens (tertiary/aromatic N) is 4. The van der Waals surface area contributed by atoms with Gasteiger partial charge in [0.2, 0.25) is 5.91 Å². The van der Waals surface area contributed by atoms with E-state index in [9.17, 15) is 18.0 Å². The predicted octanol–water partition coefficient (Wildman–Crippen LogP) is 2.50. The molecule has 1 fully saturated rings. The van der Waals surface area contributed by atoms with Crippen molar-refractivity contribution in [2.24, 2.45) is 11.8 Å². The van der Waals surface area contributed by atoms with Gasteiger partial charge in [0, 0.05) is 43.5 Å². The highest BCUT2D eigenvalue weighted by Gasteiger charge is 2.38. The highest BCUT2D eigenvalue weighted by molar-refractivity contribution is 5.81. The Balaban J connectivity index is 0.000000339. The Kier molecular flexibility index (Phi) is 7.26. The molecule has 168 valence electrons. The summed E-state index contributed by atoms with van der Waals surface area (Å²) in [4.78, 5) is 32.1. The molecule has 31 heavy (non-hydrogen) atoms. The van der Waals surface area contributed by atoms with Crippen molar-refractivity contribution in [1.82, 2.24) is 19.4 Å². The Hall–Kier alpha value is -2.95. The second-order valence-corrected chi connectivity index (χ2v) is 7.49. The van der Waals surface area contributed by atoms with E-state index >= 15 is 0 Å². The number of aromatic nitrogens is 3. The largest absolute Gasteiger partial charge is 0.490 e. The normalized spacial score (nSPS) is 18.4. The van der Waals surface area contributed by atoms with Crippen LogP contribution in [0.25, 0.3) is 0 Å². The highest BCUT2D eigenvalue weighted by Crippen LogP contribution is 2.32. The van der Waals surface area contributed by atoms with Crippen LogP contribution in [0.15, 0.2) is 36.8 Å². The molecule has 0 bridgehead atoms. The monoisotopic (exact) mass is 440 g/mol. The van der Waals surface area contributed by atoms with Gasteiger partial charge in [-0.3, -0.25) is 9.78 Å². The van der Waals surface area contributed by atoms with Crippen LogP contribution in [0, 0.1) is 11.8 Å². The number of carboxylic acid groups (broad SMARTS) is 1. The van der Waals surface area contributed by atoms with Gasteiger partial charge in [-0.05, 0) is 25.0 Å². The van der Waals surface area contributed by atoms with Crippen LogP contribution in [-0.4, -0.2) is 55.7 Å². The molecule has 0 spiro atoms. The van der Waals surface area contributed by atoms with E-state index in [-0.39, 0.29) is 17.7 Å². The predicted molar refractivity (Wildman–Crippen MR) is 101 cm³/mol. The molecule has 1 unspecified atom stereocenters. The van der Waals surface area contributed by atoms with Crippen molar-refractivity contribution in [3.63, 3.8) is 0 Å². The molecular weight excluding hydrogens is 417 g/mol. The SMILES string of the molecule is O=C(C1CC1)N1Cc2nccn2CC(COCc2ccccn2)C1.O=C(O)C(F)(F)F. The van der Waals surface area contributed by atoms with Crippen LogP contribution < -0.4 is 0 Å². The Labute approximate surface area is 176 Å². The van der Waals surface area contributed by atoms with Gasteiger partial charge in [-0.25, -0.2) is 9.78 Å². The molecule has 0 radical (unpaired) electrons. The number of carbonyl (C=O) groups excluding carboxylic acids is 1. The van der Waals surface area contributed by atoms with Gasteiger partial charge in [0.1, 0.15) is 5.82 Å². The van der Waals surface area contributed by atoms with Gasteiger partial charge in [0.15, 0.2) is 0 Å². The summed E-state index contributed by atoms with van der Waals surface area (Å²) in [6.45, 7) is 3.30. The number of aliphatic carboxylic acids is 1. The van der Waals surface area contributed by atoms with Crippen molar-refractivity contribution in [2.45, 2.75) is 38.7 Å². The number of pyridine rings is 1. The highest BCUT2D eigenvalue weighted by atomic mass is 19.4. The molecule has 4 rings (SSSR count). The standard InChI is InChI=1S/C18H22N4O2.C2HF3O2/c23-18(15-4-5-15)22-10-14(9-21-8-7-20-17(21)11-22)12-24-13-16-3-1-2-6-19-16;3-2(4,5)1(6)7/h1-3,6-8,14-15H,4-5,9-13H2;(H,6,7). The van der Waals surface area contributed by atoms with Crippen LogP contribution in [0.3, 0.4) is 0 Å². The molecule has 2 aliphatic rings. The first-order chi connectivity index (χ1) is 14.7. The number of hydrogen-bond donors (Lipinski definition) is 1. The van der Waals surface area contributed by atoms with Crippen molar-refractivity contribution in [3.05, 3.63) is 48.3 Å². The fourth-order valence-corrected chi connectivity index (χ4v) is 3.22. The van der Waals surface area contributed by atoms with Crippen molar-refractivity contribution in [2.75, 3.05) is 13.2 Å². The smallest absolute Gasteiger partial charge is 0.475 e. The Morgan fingerprint density at radius 3 is 2.52 bits per heavy atom. The summed E-state index contributed by atoms with van der Waals surface area (Å²) >= 11 is 0. The second kappa shape index (κ2) is 9.90. The Morgan fingerprint density at radius 1 is 1.16 bits per heavy atom. The third-order valence-electron chi connectivity index (χ3n) is 4.88. The number of carbonyl (C=O) groups is 2. The van der Waals surface area contributed by atoms with Crippen LogP contribution in [-0.2, 0) is 34.0 Å². The molecule has 0 saturated heterocycles. The van der Waals surface area contributed by atoms with Gasteiger partial charge in [-0.2, -0.15) is 13.2 Å². The maximum atomic E-state index is 12.5. The molecular formula is C20H23F3N4O4. The topological polar surface area (TPSA) is 97.5 Å². The molecule has 1 aliphatic carbocycles. The van der Waals surface area contributed by atoms with E-state index in [0.29, 0.717) is 19.8 Å². The fourth-order valence-electron chi connectivity index (χ4n) is 3.22. The van der Waals surface area contributed by atoms with E-state index in [1.807, 2.05) is 35.5 Å². The van der Waals surface area contributed by atoms with Crippen molar-refractivity contribution in [1.29, 1.82) is 0 Å². The van der Waals surface area contributed by atoms with Gasteiger partial charge in [0.05, 0.1) is 25.5 Å². The number of hydrogen-bond acceptors (Lipinski definition) is 5. The van der Waals surface area contributed by atoms with E-state index in [1.54, 1.807) is 6.20 Å². The van der Waals surface area contributed by atoms with Crippen molar-refractivity contribution >= 4 is 11.9 Å². The number of rotatable bonds is 5. The first-order valence-corrected chi connectivity index (χ1v) is 9.80. The van der Waals surface area contributed by atoms with Gasteiger partial charge < -0.3 is 19.3 Å². The van der Waals surface area contributed by atoms with Gasteiger partial charge in [-0.1, -0.05) is 6.07 Å². The minimum atomic E-state index is -5.08. The molecule has 0 aromatic carbocycles. The average molecular weight is 440 g/mol. The lowest BCUT2D eigenvalue weighted by molar-refractivity contribution is -0.192. The number of carboxylic acids is 1. The van der Waals surface area contributed by atoms with Crippen LogP contribution in [0.5, 0.6) is 0 Å². The summed E-state index contributed by atoms with van der Waals surface area (Å²) < 4.78 is 39.8. The summed E-state index contributed by atoms with van der Waals surface area (Å²) in [5.74, 6) is -1.00. The molecule has 8 nitrogen and oxygen atoms in total. The maximum Gasteiger partial charge on any atom is 0.490 e. The number of fused-ring (bicyclic) bond motifs is 1. The number of amides is 1. The summed E-state index contributed by atoms with van der Waals surface area (Å²) in [7, 11) is 0. The number of alkyl halides is 3. The lowest BCUT2D eigenvalue weighted by Crippen LogP contribution is -2.36. The molecule has 3 heterocycles. The number of imidazole rings is 1. The molecule has 1 atom stereocenters. The van der Waals surface area contributed by atoms with Gasteiger partial charge in [0.25, 0.3) is 0 Å². The summed E-state index contributed by atoms with van der Waals surface area (Å²) in [6, 6.07) is 5.83. The quantitative estimate of drug-likeness (QED) is 0.767. The van der Waals surface area contributed by atoms with E-state index in [0.717, 1.165) is 37.4 Å². The van der Waals surface area contributed by atoms with Gasteiger partial charge >= 0.3 is 12.1 Å². The summed E-state index contributed by atoms with van der Waals surface area (Å²) in [5.41, 5.74) is 0.931. The zero-order chi connectivity index (χ0) is 22.4. The number of ether oxygens (including phenoxy) is 1. The fraction of sp³-hybridized carbons (Fsp3) is 0.500. The van der Waals surface area contributed by atoms with Crippen LogP contribution in [0.4, 0.5) is 13.2 Å². The minimum absolute atomic E-state index is 0.238. The third-order valence-corrected chi connectivity index (χ3v) is 4.88. The summed E-state index contributed by atoms with van der Waals surface area (Å²) in [6.07, 6.45) is 2.56. The molecule has 1 amide bonds. The van der Waals surface area contributed by atoms with Crippen LogP contribution >= 0.6 is 0 Å².